The number of likely N-dealkylation sites (tertiary alicyclic amines) is 1. The van der Waals surface area contributed by atoms with Crippen molar-refractivity contribution in [1.82, 2.24) is 15.1 Å². The number of amides is 1. The second-order valence-electron chi connectivity index (χ2n) is 4.78. The van der Waals surface area contributed by atoms with Crippen molar-refractivity contribution in [2.24, 2.45) is 0 Å². The van der Waals surface area contributed by atoms with Gasteiger partial charge in [0.25, 0.3) is 5.91 Å². The van der Waals surface area contributed by atoms with E-state index in [1.54, 1.807) is 11.8 Å². The molecule has 1 aromatic heterocycles. The van der Waals surface area contributed by atoms with E-state index in [0.717, 1.165) is 10.9 Å². The van der Waals surface area contributed by atoms with E-state index in [1.165, 1.54) is 0 Å². The summed E-state index contributed by atoms with van der Waals surface area (Å²) in [6.07, 6.45) is 0. The van der Waals surface area contributed by atoms with Crippen LogP contribution in [0.5, 0.6) is 0 Å². The van der Waals surface area contributed by atoms with Gasteiger partial charge in [-0.15, -0.1) is 0 Å². The Morgan fingerprint density at radius 2 is 2.18 bits per heavy atom. The third-order valence-corrected chi connectivity index (χ3v) is 3.02. The number of benzene rings is 1. The highest BCUT2D eigenvalue weighted by molar-refractivity contribution is 6.04. The van der Waals surface area contributed by atoms with Crippen LogP contribution in [-0.4, -0.2) is 44.8 Å². The number of aromatic amines is 1. The lowest BCUT2D eigenvalue weighted by Crippen LogP contribution is -2.61. The first kappa shape index (κ1) is 10.3. The number of rotatable bonds is 1. The number of para-hydroxylation sites is 1. The molecule has 0 spiro atoms. The molecule has 3 rings (SSSR count). The van der Waals surface area contributed by atoms with Crippen LogP contribution in [-0.2, 0) is 0 Å². The van der Waals surface area contributed by atoms with E-state index >= 15 is 0 Å². The molecule has 5 heteroatoms. The summed E-state index contributed by atoms with van der Waals surface area (Å²) in [6.45, 7) is 2.46. The quantitative estimate of drug-likeness (QED) is 0.761. The summed E-state index contributed by atoms with van der Waals surface area (Å²) in [5.41, 5.74) is 0.529. The van der Waals surface area contributed by atoms with Gasteiger partial charge in [-0.2, -0.15) is 5.10 Å². The molecule has 5 nitrogen and oxygen atoms in total. The molecule has 0 atom stereocenters. The first-order chi connectivity index (χ1) is 8.07. The molecule has 2 heterocycles. The average Bonchev–Trinajstić information content (AvgIpc) is 2.68. The minimum Gasteiger partial charge on any atom is -0.386 e. The Morgan fingerprint density at radius 3 is 2.88 bits per heavy atom. The van der Waals surface area contributed by atoms with Gasteiger partial charge >= 0.3 is 0 Å². The van der Waals surface area contributed by atoms with Crippen LogP contribution in [0.2, 0.25) is 0 Å². The summed E-state index contributed by atoms with van der Waals surface area (Å²) in [7, 11) is 0. The van der Waals surface area contributed by atoms with Crippen LogP contribution >= 0.6 is 0 Å². The van der Waals surface area contributed by atoms with Crippen LogP contribution in [0.3, 0.4) is 0 Å². The highest BCUT2D eigenvalue weighted by atomic mass is 16.3. The van der Waals surface area contributed by atoms with Crippen molar-refractivity contribution in [2.45, 2.75) is 12.5 Å². The van der Waals surface area contributed by atoms with Gasteiger partial charge in [-0.25, -0.2) is 0 Å². The number of aromatic nitrogens is 2. The molecule has 88 valence electrons. The number of aliphatic hydroxyl groups is 1. The summed E-state index contributed by atoms with van der Waals surface area (Å²) in [5, 5.41) is 17.3. The molecule has 0 radical (unpaired) electrons. The molecule has 1 fully saturated rings. The van der Waals surface area contributed by atoms with Crippen LogP contribution in [0.15, 0.2) is 24.3 Å². The SMILES string of the molecule is CC1(O)CN(C(=O)c2n[nH]c3ccccc23)C1. The normalized spacial score (nSPS) is 18.1. The van der Waals surface area contributed by atoms with Gasteiger partial charge < -0.3 is 10.0 Å². The largest absolute Gasteiger partial charge is 0.386 e. The second kappa shape index (κ2) is 3.30. The van der Waals surface area contributed by atoms with Crippen molar-refractivity contribution in [3.63, 3.8) is 0 Å². The summed E-state index contributed by atoms with van der Waals surface area (Å²) in [6, 6.07) is 7.51. The second-order valence-corrected chi connectivity index (χ2v) is 4.78. The van der Waals surface area contributed by atoms with Gasteiger partial charge in [0.05, 0.1) is 24.2 Å². The van der Waals surface area contributed by atoms with Crippen molar-refractivity contribution in [1.29, 1.82) is 0 Å². The fourth-order valence-corrected chi connectivity index (χ4v) is 2.20. The number of nitrogens with zero attached hydrogens (tertiary/aromatic N) is 2. The molecule has 0 saturated carbocycles. The molecular weight excluding hydrogens is 218 g/mol. The molecule has 1 amide bonds. The van der Waals surface area contributed by atoms with Gasteiger partial charge in [-0.05, 0) is 13.0 Å². The predicted octanol–water partition coefficient (Wildman–Crippen LogP) is 0.770. The maximum Gasteiger partial charge on any atom is 0.275 e. The van der Waals surface area contributed by atoms with Crippen molar-refractivity contribution in [3.05, 3.63) is 30.0 Å². The van der Waals surface area contributed by atoms with E-state index in [2.05, 4.69) is 10.2 Å². The molecule has 1 saturated heterocycles. The summed E-state index contributed by atoms with van der Waals surface area (Å²) >= 11 is 0. The predicted molar refractivity (Wildman–Crippen MR) is 62.6 cm³/mol. The van der Waals surface area contributed by atoms with E-state index in [4.69, 9.17) is 0 Å². The maximum absolute atomic E-state index is 12.1. The van der Waals surface area contributed by atoms with Crippen LogP contribution in [0.25, 0.3) is 10.9 Å². The van der Waals surface area contributed by atoms with Gasteiger partial charge in [0.1, 0.15) is 0 Å². The van der Waals surface area contributed by atoms with Gasteiger partial charge in [-0.3, -0.25) is 9.89 Å². The maximum atomic E-state index is 12.1. The third-order valence-electron chi connectivity index (χ3n) is 3.02. The molecule has 0 aliphatic carbocycles. The van der Waals surface area contributed by atoms with Gasteiger partial charge in [0, 0.05) is 5.39 Å². The molecule has 1 aliphatic rings. The van der Waals surface area contributed by atoms with Crippen molar-refractivity contribution >= 4 is 16.8 Å². The van der Waals surface area contributed by atoms with Crippen LogP contribution < -0.4 is 0 Å². The van der Waals surface area contributed by atoms with E-state index in [9.17, 15) is 9.90 Å². The van der Waals surface area contributed by atoms with Gasteiger partial charge in [0.15, 0.2) is 5.69 Å². The third kappa shape index (κ3) is 1.59. The monoisotopic (exact) mass is 231 g/mol. The number of carbonyl (C=O) groups excluding carboxylic acids is 1. The summed E-state index contributed by atoms with van der Waals surface area (Å²) < 4.78 is 0. The molecule has 2 N–H and O–H groups in total. The molecule has 1 aromatic carbocycles. The summed E-state index contributed by atoms with van der Waals surface area (Å²) in [4.78, 5) is 13.7. The number of nitrogens with one attached hydrogen (secondary N) is 1. The topological polar surface area (TPSA) is 69.2 Å². The van der Waals surface area contributed by atoms with E-state index in [0.29, 0.717) is 18.8 Å². The van der Waals surface area contributed by atoms with Gasteiger partial charge in [-0.1, -0.05) is 18.2 Å². The first-order valence-electron chi connectivity index (χ1n) is 5.52. The minimum absolute atomic E-state index is 0.131. The van der Waals surface area contributed by atoms with Crippen LogP contribution in [0.4, 0.5) is 0 Å². The fourth-order valence-electron chi connectivity index (χ4n) is 2.20. The smallest absolute Gasteiger partial charge is 0.275 e. The Bertz CT molecular complexity index is 580. The standard InChI is InChI=1S/C12H13N3O2/c1-12(17)6-15(7-12)11(16)10-8-4-2-3-5-9(8)13-14-10/h2-5,17H,6-7H2,1H3,(H,13,14). The number of hydrogen-bond acceptors (Lipinski definition) is 3. The number of hydrogen-bond donors (Lipinski definition) is 2. The lowest BCUT2D eigenvalue weighted by atomic mass is 9.96. The van der Waals surface area contributed by atoms with E-state index in [-0.39, 0.29) is 5.91 Å². The van der Waals surface area contributed by atoms with Crippen molar-refractivity contribution in [2.75, 3.05) is 13.1 Å². The Balaban J connectivity index is 1.92. The van der Waals surface area contributed by atoms with Crippen LogP contribution in [0, 0.1) is 0 Å². The van der Waals surface area contributed by atoms with Crippen molar-refractivity contribution in [3.8, 4) is 0 Å². The minimum atomic E-state index is -0.748. The lowest BCUT2D eigenvalue weighted by Gasteiger charge is -2.43. The highest BCUT2D eigenvalue weighted by Crippen LogP contribution is 2.24. The highest BCUT2D eigenvalue weighted by Gasteiger charge is 2.40. The molecule has 0 unspecified atom stereocenters. The van der Waals surface area contributed by atoms with Gasteiger partial charge in [0.2, 0.25) is 0 Å². The zero-order chi connectivity index (χ0) is 12.0. The number of β-amino-alcohol motifs (C(OH)–C–C–N with tert-alkyl or cyclic N) is 1. The zero-order valence-corrected chi connectivity index (χ0v) is 9.47. The molecule has 0 bridgehead atoms. The first-order valence-corrected chi connectivity index (χ1v) is 5.52. The molecule has 17 heavy (non-hydrogen) atoms. The van der Waals surface area contributed by atoms with E-state index < -0.39 is 5.60 Å². The Hall–Kier alpha value is -1.88. The average molecular weight is 231 g/mol. The van der Waals surface area contributed by atoms with Crippen LogP contribution in [0.1, 0.15) is 17.4 Å². The fraction of sp³-hybridized carbons (Fsp3) is 0.333. The lowest BCUT2D eigenvalue weighted by molar-refractivity contribution is -0.0670. The Labute approximate surface area is 98.0 Å². The number of fused-ring (bicyclic) bond motifs is 1. The number of carbonyl (C=O) groups is 1. The zero-order valence-electron chi connectivity index (χ0n) is 9.47. The van der Waals surface area contributed by atoms with Crippen molar-refractivity contribution < 1.29 is 9.90 Å². The number of H-pyrrole nitrogens is 1. The summed E-state index contributed by atoms with van der Waals surface area (Å²) in [5.74, 6) is -0.131. The molecule has 2 aromatic rings. The molecule has 1 aliphatic heterocycles. The Morgan fingerprint density at radius 1 is 1.47 bits per heavy atom. The Kier molecular flexibility index (Phi) is 2.00. The van der Waals surface area contributed by atoms with E-state index in [1.807, 2.05) is 24.3 Å². The molecular formula is C12H13N3O2.